The summed E-state index contributed by atoms with van der Waals surface area (Å²) in [7, 11) is 0. The number of hydrogen-bond donors (Lipinski definition) is 3. The maximum Gasteiger partial charge on any atom is 0.234 e. The number of carbonyl (C=O) groups excluding carboxylic acids is 1. The van der Waals surface area contributed by atoms with Crippen molar-refractivity contribution in [2.24, 2.45) is 0 Å². The van der Waals surface area contributed by atoms with Crippen LogP contribution in [0.2, 0.25) is 15.1 Å². The van der Waals surface area contributed by atoms with E-state index in [4.69, 9.17) is 40.6 Å². The van der Waals surface area contributed by atoms with Crippen molar-refractivity contribution >= 4 is 58.2 Å². The molecule has 0 spiro atoms. The van der Waals surface area contributed by atoms with Crippen LogP contribution in [0.25, 0.3) is 22.8 Å². The Hall–Kier alpha value is -2.72. The molecule has 0 radical (unpaired) electrons. The Morgan fingerprint density at radius 3 is 2.58 bits per heavy atom. The summed E-state index contributed by atoms with van der Waals surface area (Å²) < 4.78 is 1.30. The van der Waals surface area contributed by atoms with Gasteiger partial charge in [-0.15, -0.1) is 10.2 Å². The highest BCUT2D eigenvalue weighted by Crippen LogP contribution is 2.27. The number of nitrogens with two attached hydrogens (primary N) is 1. The highest BCUT2D eigenvalue weighted by molar-refractivity contribution is 7.99. The Bertz CT molecular complexity index is 1240. The van der Waals surface area contributed by atoms with Gasteiger partial charge < -0.3 is 11.2 Å². The number of rotatable bonds is 6. The first-order valence-electron chi connectivity index (χ1n) is 8.80. The van der Waals surface area contributed by atoms with Gasteiger partial charge in [-0.1, -0.05) is 58.7 Å². The quantitative estimate of drug-likeness (QED) is 0.263. The van der Waals surface area contributed by atoms with E-state index >= 15 is 0 Å². The van der Waals surface area contributed by atoms with Gasteiger partial charge >= 0.3 is 0 Å². The average Bonchev–Trinajstić information content (AvgIpc) is 3.36. The molecule has 0 aliphatic carbocycles. The Labute approximate surface area is 196 Å². The van der Waals surface area contributed by atoms with Crippen molar-refractivity contribution in [1.29, 1.82) is 0 Å². The largest absolute Gasteiger partial charge is 0.335 e. The zero-order chi connectivity index (χ0) is 22.0. The van der Waals surface area contributed by atoms with Crippen LogP contribution < -0.4 is 11.2 Å². The summed E-state index contributed by atoms with van der Waals surface area (Å²) in [5.41, 5.74) is 2.62. The van der Waals surface area contributed by atoms with E-state index in [-0.39, 0.29) is 11.7 Å². The number of hydrogen-bond acceptors (Lipinski definition) is 6. The fourth-order valence-corrected chi connectivity index (χ4v) is 3.79. The molecule has 0 atom stereocenters. The number of nitrogen functional groups attached to an aromatic ring is 1. The highest BCUT2D eigenvalue weighted by atomic mass is 35.5. The van der Waals surface area contributed by atoms with Crippen molar-refractivity contribution in [2.45, 2.75) is 5.16 Å². The number of amides is 1. The summed E-state index contributed by atoms with van der Waals surface area (Å²) in [6.45, 7) is 0. The average molecular weight is 495 g/mol. The van der Waals surface area contributed by atoms with E-state index in [1.165, 1.54) is 4.68 Å². The van der Waals surface area contributed by atoms with Crippen LogP contribution in [0, 0.1) is 0 Å². The van der Waals surface area contributed by atoms with E-state index in [2.05, 4.69) is 25.7 Å². The summed E-state index contributed by atoms with van der Waals surface area (Å²) in [5.74, 6) is 6.27. The molecule has 1 amide bonds. The third kappa shape index (κ3) is 4.96. The van der Waals surface area contributed by atoms with Crippen LogP contribution in [-0.4, -0.2) is 36.7 Å². The predicted octanol–water partition coefficient (Wildman–Crippen LogP) is 4.74. The fourth-order valence-electron chi connectivity index (χ4n) is 2.67. The van der Waals surface area contributed by atoms with Crippen molar-refractivity contribution < 1.29 is 4.79 Å². The lowest BCUT2D eigenvalue weighted by Crippen LogP contribution is -2.16. The molecule has 2 heterocycles. The summed E-state index contributed by atoms with van der Waals surface area (Å²) in [5, 5.41) is 19.9. The second kappa shape index (κ2) is 9.19. The number of thioether (sulfide) groups is 1. The molecule has 2 aromatic carbocycles. The van der Waals surface area contributed by atoms with Crippen molar-refractivity contribution in [3.8, 4) is 22.8 Å². The smallest absolute Gasteiger partial charge is 0.234 e. The molecule has 4 N–H and O–H groups in total. The Kier molecular flexibility index (Phi) is 6.38. The zero-order valence-electron chi connectivity index (χ0n) is 15.6. The molecule has 0 fully saturated rings. The van der Waals surface area contributed by atoms with Crippen molar-refractivity contribution in [3.63, 3.8) is 0 Å². The molecule has 4 rings (SSSR count). The maximum absolute atomic E-state index is 12.3. The van der Waals surface area contributed by atoms with Gasteiger partial charge in [-0.25, -0.2) is 4.68 Å². The molecule has 0 aliphatic heterocycles. The lowest BCUT2D eigenvalue weighted by molar-refractivity contribution is -0.113. The molecule has 4 aromatic rings. The molecular formula is C19H14Cl3N7OS. The standard InChI is InChI=1S/C19H14Cl3N7OS/c20-11-3-1-10(2-4-11)14-8-16(26-25-14)18-27-28-19(29(18)23)31-9-17(30)24-15-7-12(21)5-6-13(15)22/h1-8H,9,23H2,(H,24,30)(H,25,26). The number of nitrogens with zero attached hydrogens (tertiary/aromatic N) is 4. The van der Waals surface area contributed by atoms with Crippen LogP contribution in [0.3, 0.4) is 0 Å². The summed E-state index contributed by atoms with van der Waals surface area (Å²) >= 11 is 19.1. The number of carbonyl (C=O) groups is 1. The number of aromatic nitrogens is 5. The van der Waals surface area contributed by atoms with Gasteiger partial charge in [-0.05, 0) is 36.4 Å². The molecule has 0 bridgehead atoms. The van der Waals surface area contributed by atoms with Gasteiger partial charge in [0.25, 0.3) is 0 Å². The summed E-state index contributed by atoms with van der Waals surface area (Å²) in [6, 6.07) is 13.9. The second-order valence-electron chi connectivity index (χ2n) is 6.31. The zero-order valence-corrected chi connectivity index (χ0v) is 18.7. The fraction of sp³-hybridized carbons (Fsp3) is 0.0526. The minimum Gasteiger partial charge on any atom is -0.335 e. The minimum absolute atomic E-state index is 0.0528. The van der Waals surface area contributed by atoms with Crippen molar-refractivity contribution in [1.82, 2.24) is 25.1 Å². The third-order valence-corrected chi connectivity index (χ3v) is 5.92. The first-order chi connectivity index (χ1) is 14.9. The molecule has 2 aromatic heterocycles. The van der Waals surface area contributed by atoms with Crippen LogP contribution in [0.1, 0.15) is 0 Å². The first-order valence-corrected chi connectivity index (χ1v) is 10.9. The summed E-state index contributed by atoms with van der Waals surface area (Å²) in [6.07, 6.45) is 0. The molecule has 12 heteroatoms. The topological polar surface area (TPSA) is 115 Å². The van der Waals surface area contributed by atoms with Crippen LogP contribution in [0.15, 0.2) is 53.7 Å². The molecule has 0 saturated carbocycles. The number of nitrogens with one attached hydrogen (secondary N) is 2. The monoisotopic (exact) mass is 493 g/mol. The third-order valence-electron chi connectivity index (χ3n) is 4.16. The SMILES string of the molecule is Nn1c(SCC(=O)Nc2cc(Cl)ccc2Cl)nnc1-c1cc(-c2ccc(Cl)cc2)n[nH]1. The molecule has 0 saturated heterocycles. The molecule has 0 unspecified atom stereocenters. The Morgan fingerprint density at radius 2 is 1.81 bits per heavy atom. The molecule has 158 valence electrons. The van der Waals surface area contributed by atoms with E-state index in [0.29, 0.717) is 43.1 Å². The van der Waals surface area contributed by atoms with E-state index in [9.17, 15) is 4.79 Å². The predicted molar refractivity (Wildman–Crippen MR) is 124 cm³/mol. The van der Waals surface area contributed by atoms with E-state index < -0.39 is 0 Å². The summed E-state index contributed by atoms with van der Waals surface area (Å²) in [4.78, 5) is 12.3. The van der Waals surface area contributed by atoms with E-state index in [0.717, 1.165) is 17.3 Å². The number of H-pyrrole nitrogens is 1. The van der Waals surface area contributed by atoms with Crippen LogP contribution >= 0.6 is 46.6 Å². The number of benzene rings is 2. The van der Waals surface area contributed by atoms with Gasteiger partial charge in [0.05, 0.1) is 22.2 Å². The van der Waals surface area contributed by atoms with Crippen molar-refractivity contribution in [3.05, 3.63) is 63.6 Å². The highest BCUT2D eigenvalue weighted by Gasteiger charge is 2.17. The minimum atomic E-state index is -0.287. The molecule has 8 nitrogen and oxygen atoms in total. The lowest BCUT2D eigenvalue weighted by atomic mass is 10.1. The van der Waals surface area contributed by atoms with E-state index in [1.807, 2.05) is 12.1 Å². The van der Waals surface area contributed by atoms with Gasteiger partial charge in [-0.2, -0.15) is 5.10 Å². The number of aromatic amines is 1. The van der Waals surface area contributed by atoms with Gasteiger partial charge in [0, 0.05) is 15.6 Å². The van der Waals surface area contributed by atoms with Crippen LogP contribution in [0.5, 0.6) is 0 Å². The van der Waals surface area contributed by atoms with Gasteiger partial charge in [0.1, 0.15) is 5.69 Å². The number of halogens is 3. The maximum atomic E-state index is 12.3. The molecule has 31 heavy (non-hydrogen) atoms. The van der Waals surface area contributed by atoms with Crippen LogP contribution in [0.4, 0.5) is 5.69 Å². The second-order valence-corrected chi connectivity index (χ2v) is 8.53. The number of anilines is 1. The van der Waals surface area contributed by atoms with Gasteiger partial charge in [-0.3, -0.25) is 9.89 Å². The van der Waals surface area contributed by atoms with Gasteiger partial charge in [0.15, 0.2) is 0 Å². The Morgan fingerprint density at radius 1 is 1.06 bits per heavy atom. The van der Waals surface area contributed by atoms with Crippen molar-refractivity contribution in [2.75, 3.05) is 16.9 Å². The first kappa shape index (κ1) is 21.5. The lowest BCUT2D eigenvalue weighted by Gasteiger charge is -2.07. The normalized spacial score (nSPS) is 10.9. The molecule has 0 aliphatic rings. The Balaban J connectivity index is 1.43. The molecular weight excluding hydrogens is 481 g/mol. The van der Waals surface area contributed by atoms with E-state index in [1.54, 1.807) is 36.4 Å². The van der Waals surface area contributed by atoms with Gasteiger partial charge in [0.2, 0.25) is 16.9 Å². The van der Waals surface area contributed by atoms with Crippen LogP contribution in [-0.2, 0) is 4.79 Å².